The molecular formula is C21H23N5O2. The molecule has 0 atom stereocenters. The van der Waals surface area contributed by atoms with Gasteiger partial charge in [0.15, 0.2) is 5.76 Å². The molecule has 1 aliphatic heterocycles. The van der Waals surface area contributed by atoms with Gasteiger partial charge in [0, 0.05) is 38.1 Å². The van der Waals surface area contributed by atoms with Crippen LogP contribution in [0.4, 0.5) is 17.5 Å². The molecule has 1 aromatic carbocycles. The molecular weight excluding hydrogens is 354 g/mol. The first-order valence-electron chi connectivity index (χ1n) is 9.36. The molecule has 0 bridgehead atoms. The van der Waals surface area contributed by atoms with Crippen LogP contribution in [0.15, 0.2) is 53.3 Å². The first-order valence-corrected chi connectivity index (χ1v) is 9.36. The molecule has 0 radical (unpaired) electrons. The molecule has 7 heteroatoms. The van der Waals surface area contributed by atoms with Crippen molar-refractivity contribution < 1.29 is 9.21 Å². The molecule has 1 aliphatic rings. The van der Waals surface area contributed by atoms with E-state index in [9.17, 15) is 4.79 Å². The van der Waals surface area contributed by atoms with Crippen LogP contribution in [0, 0.1) is 13.8 Å². The highest BCUT2D eigenvalue weighted by Gasteiger charge is 2.24. The number of furan rings is 1. The number of hydrogen-bond donors (Lipinski definition) is 1. The van der Waals surface area contributed by atoms with Crippen LogP contribution in [0.25, 0.3) is 0 Å². The number of hydrogen-bond acceptors (Lipinski definition) is 6. The lowest BCUT2D eigenvalue weighted by atomic mass is 10.1. The van der Waals surface area contributed by atoms with Crippen molar-refractivity contribution in [2.24, 2.45) is 0 Å². The summed E-state index contributed by atoms with van der Waals surface area (Å²) in [6, 6.07) is 11.5. The van der Waals surface area contributed by atoms with Gasteiger partial charge in [-0.15, -0.1) is 0 Å². The molecule has 0 aliphatic carbocycles. The Balaban J connectivity index is 1.43. The number of anilines is 3. The Morgan fingerprint density at radius 2 is 1.79 bits per heavy atom. The minimum atomic E-state index is -0.0651. The van der Waals surface area contributed by atoms with Crippen LogP contribution in [0.2, 0.25) is 0 Å². The summed E-state index contributed by atoms with van der Waals surface area (Å²) in [5.74, 6) is 1.75. The molecule has 1 amide bonds. The number of para-hydroxylation sites is 1. The third kappa shape index (κ3) is 3.69. The molecule has 3 heterocycles. The van der Waals surface area contributed by atoms with Crippen molar-refractivity contribution in [2.75, 3.05) is 36.4 Å². The third-order valence-corrected chi connectivity index (χ3v) is 4.98. The fourth-order valence-electron chi connectivity index (χ4n) is 3.40. The van der Waals surface area contributed by atoms with E-state index in [1.54, 1.807) is 18.3 Å². The molecule has 0 saturated carbocycles. The summed E-state index contributed by atoms with van der Waals surface area (Å²) in [5.41, 5.74) is 3.34. The van der Waals surface area contributed by atoms with Crippen molar-refractivity contribution >= 4 is 23.4 Å². The van der Waals surface area contributed by atoms with E-state index in [0.29, 0.717) is 37.9 Å². The molecule has 1 N–H and O–H groups in total. The van der Waals surface area contributed by atoms with Crippen molar-refractivity contribution in [3.05, 3.63) is 65.7 Å². The number of benzene rings is 1. The largest absolute Gasteiger partial charge is 0.459 e. The smallest absolute Gasteiger partial charge is 0.289 e. The first kappa shape index (κ1) is 18.0. The number of amides is 1. The predicted octanol–water partition coefficient (Wildman–Crippen LogP) is 3.39. The maximum Gasteiger partial charge on any atom is 0.289 e. The standard InChI is InChI=1S/C21H23N5O2/c1-15-5-3-6-16(2)19(15)24-21-22-9-8-18(23-21)25-10-12-26(13-11-25)20(27)17-7-4-14-28-17/h3-9,14H,10-13H2,1-2H3,(H,22,23,24). The lowest BCUT2D eigenvalue weighted by Gasteiger charge is -2.35. The monoisotopic (exact) mass is 377 g/mol. The summed E-state index contributed by atoms with van der Waals surface area (Å²) in [6.07, 6.45) is 3.29. The zero-order valence-electron chi connectivity index (χ0n) is 16.1. The molecule has 1 saturated heterocycles. The topological polar surface area (TPSA) is 74.5 Å². The molecule has 144 valence electrons. The summed E-state index contributed by atoms with van der Waals surface area (Å²) in [6.45, 7) is 6.81. The second kappa shape index (κ2) is 7.72. The van der Waals surface area contributed by atoms with Crippen LogP contribution in [0.5, 0.6) is 0 Å². The molecule has 0 spiro atoms. The van der Waals surface area contributed by atoms with E-state index < -0.39 is 0 Å². The van der Waals surface area contributed by atoms with Crippen LogP contribution in [0.3, 0.4) is 0 Å². The van der Waals surface area contributed by atoms with Gasteiger partial charge >= 0.3 is 0 Å². The van der Waals surface area contributed by atoms with Crippen LogP contribution in [0.1, 0.15) is 21.7 Å². The molecule has 7 nitrogen and oxygen atoms in total. The summed E-state index contributed by atoms with van der Waals surface area (Å²) >= 11 is 0. The van der Waals surface area contributed by atoms with Gasteiger partial charge in [-0.25, -0.2) is 4.98 Å². The Morgan fingerprint density at radius 3 is 2.46 bits per heavy atom. The third-order valence-electron chi connectivity index (χ3n) is 4.98. The number of piperazine rings is 1. The van der Waals surface area contributed by atoms with Crippen LogP contribution in [-0.4, -0.2) is 47.0 Å². The highest BCUT2D eigenvalue weighted by atomic mass is 16.3. The van der Waals surface area contributed by atoms with E-state index in [0.717, 1.165) is 22.6 Å². The number of aryl methyl sites for hydroxylation is 2. The SMILES string of the molecule is Cc1cccc(C)c1Nc1nccc(N2CCN(C(=O)c3ccco3)CC2)n1. The predicted molar refractivity (Wildman–Crippen MR) is 108 cm³/mol. The molecule has 2 aromatic heterocycles. The zero-order chi connectivity index (χ0) is 19.5. The number of carbonyl (C=O) groups excluding carboxylic acids is 1. The normalized spacial score (nSPS) is 14.2. The van der Waals surface area contributed by atoms with Gasteiger partial charge < -0.3 is 19.5 Å². The Hall–Kier alpha value is -3.35. The summed E-state index contributed by atoms with van der Waals surface area (Å²) in [5, 5.41) is 3.34. The molecule has 4 rings (SSSR count). The second-order valence-electron chi connectivity index (χ2n) is 6.89. The van der Waals surface area contributed by atoms with Gasteiger partial charge in [-0.3, -0.25) is 4.79 Å². The lowest BCUT2D eigenvalue weighted by molar-refractivity contribution is 0.0714. The maximum atomic E-state index is 12.4. The van der Waals surface area contributed by atoms with Crippen molar-refractivity contribution in [3.63, 3.8) is 0 Å². The lowest BCUT2D eigenvalue weighted by Crippen LogP contribution is -2.49. The van der Waals surface area contributed by atoms with Gasteiger partial charge in [0.1, 0.15) is 5.82 Å². The average Bonchev–Trinajstić information content (AvgIpc) is 3.26. The van der Waals surface area contributed by atoms with Crippen molar-refractivity contribution in [1.82, 2.24) is 14.9 Å². The molecule has 1 fully saturated rings. The van der Waals surface area contributed by atoms with Crippen LogP contribution < -0.4 is 10.2 Å². The highest BCUT2D eigenvalue weighted by Crippen LogP contribution is 2.24. The average molecular weight is 377 g/mol. The van der Waals surface area contributed by atoms with E-state index >= 15 is 0 Å². The number of rotatable bonds is 4. The Kier molecular flexibility index (Phi) is 4.97. The van der Waals surface area contributed by atoms with Crippen LogP contribution in [-0.2, 0) is 0 Å². The quantitative estimate of drug-likeness (QED) is 0.751. The highest BCUT2D eigenvalue weighted by molar-refractivity contribution is 5.91. The molecule has 0 unspecified atom stereocenters. The van der Waals surface area contributed by atoms with E-state index in [2.05, 4.69) is 46.2 Å². The van der Waals surface area contributed by atoms with E-state index in [1.165, 1.54) is 6.26 Å². The number of nitrogens with one attached hydrogen (secondary N) is 1. The fourth-order valence-corrected chi connectivity index (χ4v) is 3.40. The Labute approximate surface area is 164 Å². The van der Waals surface area contributed by atoms with E-state index in [-0.39, 0.29) is 5.91 Å². The van der Waals surface area contributed by atoms with Gasteiger partial charge in [0.05, 0.1) is 6.26 Å². The van der Waals surface area contributed by atoms with Gasteiger partial charge in [0.2, 0.25) is 5.95 Å². The summed E-state index contributed by atoms with van der Waals surface area (Å²) < 4.78 is 5.22. The fraction of sp³-hybridized carbons (Fsp3) is 0.286. The minimum absolute atomic E-state index is 0.0651. The summed E-state index contributed by atoms with van der Waals surface area (Å²) in [4.78, 5) is 25.4. The Morgan fingerprint density at radius 1 is 1.04 bits per heavy atom. The number of aromatic nitrogens is 2. The van der Waals surface area contributed by atoms with E-state index in [4.69, 9.17) is 4.42 Å². The minimum Gasteiger partial charge on any atom is -0.459 e. The maximum absolute atomic E-state index is 12.4. The Bertz CT molecular complexity index is 942. The first-order chi connectivity index (χ1) is 13.6. The van der Waals surface area contributed by atoms with Gasteiger partial charge in [-0.2, -0.15) is 4.98 Å². The van der Waals surface area contributed by atoms with Gasteiger partial charge in [-0.1, -0.05) is 18.2 Å². The van der Waals surface area contributed by atoms with Crippen molar-refractivity contribution in [3.8, 4) is 0 Å². The van der Waals surface area contributed by atoms with Gasteiger partial charge in [-0.05, 0) is 43.2 Å². The second-order valence-corrected chi connectivity index (χ2v) is 6.89. The number of nitrogens with zero attached hydrogens (tertiary/aromatic N) is 4. The van der Waals surface area contributed by atoms with Gasteiger partial charge in [0.25, 0.3) is 5.91 Å². The zero-order valence-corrected chi connectivity index (χ0v) is 16.1. The molecule has 3 aromatic rings. The van der Waals surface area contributed by atoms with Crippen molar-refractivity contribution in [1.29, 1.82) is 0 Å². The summed E-state index contributed by atoms with van der Waals surface area (Å²) in [7, 11) is 0. The number of carbonyl (C=O) groups is 1. The molecule has 28 heavy (non-hydrogen) atoms. The van der Waals surface area contributed by atoms with Crippen molar-refractivity contribution in [2.45, 2.75) is 13.8 Å². The van der Waals surface area contributed by atoms with Crippen LogP contribution >= 0.6 is 0 Å². The van der Waals surface area contributed by atoms with E-state index in [1.807, 2.05) is 17.0 Å².